The van der Waals surface area contributed by atoms with Gasteiger partial charge in [0.15, 0.2) is 5.82 Å². The van der Waals surface area contributed by atoms with Crippen LogP contribution in [0.1, 0.15) is 28.8 Å². The predicted molar refractivity (Wildman–Crippen MR) is 82.8 cm³/mol. The lowest BCUT2D eigenvalue weighted by Gasteiger charge is -2.36. The van der Waals surface area contributed by atoms with E-state index < -0.39 is 0 Å². The average Bonchev–Trinajstić information content (AvgIpc) is 2.84. The Bertz CT molecular complexity index is 689. The van der Waals surface area contributed by atoms with E-state index in [0.29, 0.717) is 18.3 Å². The second-order valence-electron chi connectivity index (χ2n) is 5.92. The summed E-state index contributed by atoms with van der Waals surface area (Å²) < 4.78 is 5.15. The topological polar surface area (TPSA) is 71.3 Å². The van der Waals surface area contributed by atoms with Gasteiger partial charge in [0.25, 0.3) is 0 Å². The number of nitrogens with one attached hydrogen (secondary N) is 1. The molecule has 1 fully saturated rings. The molecule has 0 unspecified atom stereocenters. The molecule has 0 bridgehead atoms. The fourth-order valence-electron chi connectivity index (χ4n) is 2.56. The van der Waals surface area contributed by atoms with Crippen molar-refractivity contribution in [3.63, 3.8) is 0 Å². The van der Waals surface area contributed by atoms with Crippen LogP contribution in [-0.4, -0.2) is 40.6 Å². The summed E-state index contributed by atoms with van der Waals surface area (Å²) in [6.07, 6.45) is 0. The Balaban J connectivity index is 1.48. The van der Waals surface area contributed by atoms with Gasteiger partial charge >= 0.3 is 0 Å². The highest BCUT2D eigenvalue weighted by Gasteiger charge is 2.33. The van der Waals surface area contributed by atoms with Gasteiger partial charge in [-0.3, -0.25) is 9.69 Å². The van der Waals surface area contributed by atoms with Crippen LogP contribution in [-0.2, 0) is 4.79 Å². The number of benzene rings is 1. The highest BCUT2D eigenvalue weighted by molar-refractivity contribution is 5.92. The van der Waals surface area contributed by atoms with Gasteiger partial charge in [-0.1, -0.05) is 11.2 Å². The van der Waals surface area contributed by atoms with E-state index in [9.17, 15) is 4.79 Å². The van der Waals surface area contributed by atoms with Crippen LogP contribution in [0.15, 0.2) is 22.7 Å². The summed E-state index contributed by atoms with van der Waals surface area (Å²) in [6, 6.07) is 5.94. The van der Waals surface area contributed by atoms with Crippen LogP contribution in [0.5, 0.6) is 0 Å². The Hall–Kier alpha value is -2.21. The summed E-state index contributed by atoms with van der Waals surface area (Å²) in [5, 5.41) is 6.73. The standard InChI is InChI=1S/C16H20N4O2/c1-10-4-5-14(6-11(10)2)18-15(21)9-20-7-13(8-20)16-17-12(3)19-22-16/h4-6,13H,7-9H2,1-3H3,(H,18,21). The van der Waals surface area contributed by atoms with Crippen LogP contribution >= 0.6 is 0 Å². The zero-order valence-corrected chi connectivity index (χ0v) is 13.1. The lowest BCUT2D eigenvalue weighted by molar-refractivity contribution is -0.118. The smallest absolute Gasteiger partial charge is 0.238 e. The first-order valence-electron chi connectivity index (χ1n) is 7.41. The minimum atomic E-state index is 0.00316. The number of carbonyl (C=O) groups excluding carboxylic acids is 1. The van der Waals surface area contributed by atoms with E-state index in [4.69, 9.17) is 4.52 Å². The molecule has 0 spiro atoms. The van der Waals surface area contributed by atoms with Crippen LogP contribution in [0.25, 0.3) is 0 Å². The van der Waals surface area contributed by atoms with Gasteiger partial charge in [-0.15, -0.1) is 0 Å². The zero-order valence-electron chi connectivity index (χ0n) is 13.1. The maximum Gasteiger partial charge on any atom is 0.238 e. The van der Waals surface area contributed by atoms with Crippen LogP contribution in [0.2, 0.25) is 0 Å². The molecule has 6 nitrogen and oxygen atoms in total. The summed E-state index contributed by atoms with van der Waals surface area (Å²) in [5.41, 5.74) is 3.24. The van der Waals surface area contributed by atoms with E-state index >= 15 is 0 Å². The normalized spacial score (nSPS) is 15.6. The number of aryl methyl sites for hydroxylation is 3. The fraction of sp³-hybridized carbons (Fsp3) is 0.438. The van der Waals surface area contributed by atoms with Gasteiger partial charge in [0.1, 0.15) is 0 Å². The molecule has 1 aliphatic rings. The number of hydrogen-bond acceptors (Lipinski definition) is 5. The molecule has 1 amide bonds. The van der Waals surface area contributed by atoms with Crippen LogP contribution < -0.4 is 5.32 Å². The van der Waals surface area contributed by atoms with Crippen molar-refractivity contribution < 1.29 is 9.32 Å². The molecule has 2 heterocycles. The molecule has 0 radical (unpaired) electrons. The molecule has 22 heavy (non-hydrogen) atoms. The fourth-order valence-corrected chi connectivity index (χ4v) is 2.56. The van der Waals surface area contributed by atoms with Crippen molar-refractivity contribution in [3.8, 4) is 0 Å². The van der Waals surface area contributed by atoms with Gasteiger partial charge in [-0.05, 0) is 44.0 Å². The third-order valence-electron chi connectivity index (χ3n) is 4.01. The Morgan fingerprint density at radius 2 is 2.09 bits per heavy atom. The number of hydrogen-bond donors (Lipinski definition) is 1. The number of nitrogens with zero attached hydrogens (tertiary/aromatic N) is 3. The highest BCUT2D eigenvalue weighted by Crippen LogP contribution is 2.25. The summed E-state index contributed by atoms with van der Waals surface area (Å²) in [6.45, 7) is 7.85. The van der Waals surface area contributed by atoms with E-state index in [2.05, 4.69) is 27.3 Å². The Kier molecular flexibility index (Phi) is 3.94. The third-order valence-corrected chi connectivity index (χ3v) is 4.01. The summed E-state index contributed by atoms with van der Waals surface area (Å²) >= 11 is 0. The lowest BCUT2D eigenvalue weighted by Crippen LogP contribution is -2.48. The molecule has 1 aromatic carbocycles. The summed E-state index contributed by atoms with van der Waals surface area (Å²) in [4.78, 5) is 18.4. The van der Waals surface area contributed by atoms with Gasteiger partial charge < -0.3 is 9.84 Å². The molecular formula is C16H20N4O2. The zero-order chi connectivity index (χ0) is 15.7. The first-order valence-corrected chi connectivity index (χ1v) is 7.41. The maximum absolute atomic E-state index is 12.1. The minimum Gasteiger partial charge on any atom is -0.339 e. The number of likely N-dealkylation sites (tertiary alicyclic amines) is 1. The van der Waals surface area contributed by atoms with Crippen molar-refractivity contribution in [2.75, 3.05) is 25.0 Å². The van der Waals surface area contributed by atoms with Crippen LogP contribution in [0.4, 0.5) is 5.69 Å². The molecule has 2 aromatic rings. The van der Waals surface area contributed by atoms with E-state index in [1.54, 1.807) is 6.92 Å². The molecule has 1 aromatic heterocycles. The quantitative estimate of drug-likeness (QED) is 0.935. The second kappa shape index (κ2) is 5.88. The number of rotatable bonds is 4. The summed E-state index contributed by atoms with van der Waals surface area (Å²) in [7, 11) is 0. The average molecular weight is 300 g/mol. The molecule has 0 atom stereocenters. The van der Waals surface area contributed by atoms with Gasteiger partial charge in [0, 0.05) is 18.8 Å². The van der Waals surface area contributed by atoms with E-state index in [1.807, 2.05) is 25.1 Å². The number of anilines is 1. The Morgan fingerprint density at radius 1 is 1.32 bits per heavy atom. The monoisotopic (exact) mass is 300 g/mol. The number of aromatic nitrogens is 2. The molecule has 3 rings (SSSR count). The first-order chi connectivity index (χ1) is 10.5. The largest absolute Gasteiger partial charge is 0.339 e. The number of carbonyl (C=O) groups is 1. The molecule has 1 N–H and O–H groups in total. The lowest BCUT2D eigenvalue weighted by atomic mass is 10.0. The highest BCUT2D eigenvalue weighted by atomic mass is 16.5. The van der Waals surface area contributed by atoms with Crippen molar-refractivity contribution in [2.24, 2.45) is 0 Å². The summed E-state index contributed by atoms with van der Waals surface area (Å²) in [5.74, 6) is 1.57. The van der Waals surface area contributed by atoms with Gasteiger partial charge in [0.05, 0.1) is 12.5 Å². The minimum absolute atomic E-state index is 0.00316. The van der Waals surface area contributed by atoms with Gasteiger partial charge in [0.2, 0.25) is 11.8 Å². The van der Waals surface area contributed by atoms with Gasteiger partial charge in [-0.25, -0.2) is 0 Å². The molecule has 0 saturated carbocycles. The van der Waals surface area contributed by atoms with E-state index in [0.717, 1.165) is 18.8 Å². The SMILES string of the molecule is Cc1noc(C2CN(CC(=O)Nc3ccc(C)c(C)c3)C2)n1. The Labute approximate surface area is 129 Å². The van der Waals surface area contributed by atoms with Crippen molar-refractivity contribution in [1.29, 1.82) is 0 Å². The first kappa shape index (κ1) is 14.7. The molecule has 6 heteroatoms. The van der Waals surface area contributed by atoms with Crippen LogP contribution in [0.3, 0.4) is 0 Å². The van der Waals surface area contributed by atoms with Crippen molar-refractivity contribution in [1.82, 2.24) is 15.0 Å². The second-order valence-corrected chi connectivity index (χ2v) is 5.92. The van der Waals surface area contributed by atoms with Crippen molar-refractivity contribution >= 4 is 11.6 Å². The van der Waals surface area contributed by atoms with Gasteiger partial charge in [-0.2, -0.15) is 4.98 Å². The molecule has 1 saturated heterocycles. The predicted octanol–water partition coefficient (Wildman–Crippen LogP) is 2.03. The molecule has 116 valence electrons. The van der Waals surface area contributed by atoms with Crippen LogP contribution in [0, 0.1) is 20.8 Å². The molecule has 1 aliphatic heterocycles. The number of amides is 1. The van der Waals surface area contributed by atoms with E-state index in [1.165, 1.54) is 11.1 Å². The van der Waals surface area contributed by atoms with Crippen molar-refractivity contribution in [2.45, 2.75) is 26.7 Å². The molecule has 0 aliphatic carbocycles. The third kappa shape index (κ3) is 3.17. The van der Waals surface area contributed by atoms with Crippen molar-refractivity contribution in [3.05, 3.63) is 41.0 Å². The Morgan fingerprint density at radius 3 is 2.73 bits per heavy atom. The molecular weight excluding hydrogens is 280 g/mol. The van der Waals surface area contributed by atoms with E-state index in [-0.39, 0.29) is 11.8 Å². The maximum atomic E-state index is 12.1.